The molecule has 0 spiro atoms. The van der Waals surface area contributed by atoms with E-state index in [0.717, 1.165) is 46.8 Å². The van der Waals surface area contributed by atoms with Crippen LogP contribution in [0.5, 0.6) is 5.75 Å². The topological polar surface area (TPSA) is 67.6 Å². The lowest BCUT2D eigenvalue weighted by atomic mass is 10.1. The van der Waals surface area contributed by atoms with E-state index in [2.05, 4.69) is 21.3 Å². The number of rotatable bonds is 6. The average Bonchev–Trinajstić information content (AvgIpc) is 3.37. The molecule has 2 aromatic heterocycles. The van der Waals surface area contributed by atoms with Gasteiger partial charge in [0.2, 0.25) is 5.91 Å². The fraction of sp³-hybridized carbons (Fsp3) is 0.333. The van der Waals surface area contributed by atoms with Gasteiger partial charge in [0.05, 0.1) is 19.8 Å². The molecule has 0 saturated carbocycles. The molecular weight excluding hydrogens is 342 g/mol. The minimum atomic E-state index is -0.0342. The monoisotopic (exact) mass is 365 g/mol. The molecule has 0 aliphatic carbocycles. The van der Waals surface area contributed by atoms with Crippen molar-refractivity contribution in [1.82, 2.24) is 10.3 Å². The molecule has 27 heavy (non-hydrogen) atoms. The average molecular weight is 365 g/mol. The highest BCUT2D eigenvalue weighted by molar-refractivity contribution is 5.88. The smallest absolute Gasteiger partial charge is 0.224 e. The van der Waals surface area contributed by atoms with E-state index in [-0.39, 0.29) is 12.3 Å². The van der Waals surface area contributed by atoms with Gasteiger partial charge in [-0.25, -0.2) is 4.98 Å². The van der Waals surface area contributed by atoms with Crippen LogP contribution in [0, 0.1) is 0 Å². The molecule has 6 nitrogen and oxygen atoms in total. The Bertz CT molecular complexity index is 945. The van der Waals surface area contributed by atoms with Crippen molar-refractivity contribution < 1.29 is 13.9 Å². The summed E-state index contributed by atoms with van der Waals surface area (Å²) < 4.78 is 10.8. The van der Waals surface area contributed by atoms with Crippen molar-refractivity contribution in [3.8, 4) is 5.75 Å². The number of nitrogens with one attached hydrogen (secondary N) is 1. The third kappa shape index (κ3) is 3.89. The number of nitrogens with zero attached hydrogens (tertiary/aromatic N) is 2. The Labute approximate surface area is 158 Å². The SMILES string of the molecule is COc1ccc2c(CC(=O)NCc3ccnc(N4CCCC4)c3)coc2c1. The summed E-state index contributed by atoms with van der Waals surface area (Å²) in [5.74, 6) is 1.70. The molecule has 1 aliphatic rings. The number of hydrogen-bond donors (Lipinski definition) is 1. The first kappa shape index (κ1) is 17.4. The first-order chi connectivity index (χ1) is 13.2. The highest BCUT2D eigenvalue weighted by Gasteiger charge is 2.14. The van der Waals surface area contributed by atoms with Crippen molar-refractivity contribution in [2.45, 2.75) is 25.8 Å². The van der Waals surface area contributed by atoms with Crippen molar-refractivity contribution in [1.29, 1.82) is 0 Å². The summed E-state index contributed by atoms with van der Waals surface area (Å²) in [6, 6.07) is 9.62. The first-order valence-electron chi connectivity index (χ1n) is 9.23. The molecule has 0 atom stereocenters. The zero-order valence-electron chi connectivity index (χ0n) is 15.4. The van der Waals surface area contributed by atoms with Gasteiger partial charge in [-0.3, -0.25) is 4.79 Å². The lowest BCUT2D eigenvalue weighted by Crippen LogP contribution is -2.25. The lowest BCUT2D eigenvalue weighted by Gasteiger charge is -2.17. The summed E-state index contributed by atoms with van der Waals surface area (Å²) in [6.07, 6.45) is 6.16. The Morgan fingerprint density at radius 1 is 1.26 bits per heavy atom. The van der Waals surface area contributed by atoms with E-state index in [0.29, 0.717) is 6.54 Å². The second-order valence-electron chi connectivity index (χ2n) is 6.79. The van der Waals surface area contributed by atoms with Gasteiger partial charge in [-0.1, -0.05) is 0 Å². The zero-order valence-corrected chi connectivity index (χ0v) is 15.4. The number of carbonyl (C=O) groups excluding carboxylic acids is 1. The predicted octanol–water partition coefficient (Wildman–Crippen LogP) is 3.30. The number of methoxy groups -OCH3 is 1. The largest absolute Gasteiger partial charge is 0.497 e. The van der Waals surface area contributed by atoms with Gasteiger partial charge in [-0.15, -0.1) is 0 Å². The van der Waals surface area contributed by atoms with Crippen LogP contribution in [0.1, 0.15) is 24.0 Å². The summed E-state index contributed by atoms with van der Waals surface area (Å²) in [7, 11) is 1.62. The maximum absolute atomic E-state index is 12.4. The summed E-state index contributed by atoms with van der Waals surface area (Å²) in [6.45, 7) is 2.61. The third-order valence-corrected chi connectivity index (χ3v) is 4.94. The Balaban J connectivity index is 1.38. The van der Waals surface area contributed by atoms with Crippen LogP contribution in [-0.2, 0) is 17.8 Å². The number of pyridine rings is 1. The summed E-state index contributed by atoms with van der Waals surface area (Å²) in [4.78, 5) is 19.1. The minimum absolute atomic E-state index is 0.0342. The summed E-state index contributed by atoms with van der Waals surface area (Å²) in [5, 5.41) is 3.93. The van der Waals surface area contributed by atoms with Crippen LogP contribution in [0.3, 0.4) is 0 Å². The van der Waals surface area contributed by atoms with Gasteiger partial charge in [0, 0.05) is 42.8 Å². The number of benzene rings is 1. The van der Waals surface area contributed by atoms with Gasteiger partial charge in [0.25, 0.3) is 0 Å². The van der Waals surface area contributed by atoms with E-state index in [1.165, 1.54) is 12.8 Å². The molecular formula is C21H23N3O3. The molecule has 0 bridgehead atoms. The molecule has 3 heterocycles. The Morgan fingerprint density at radius 2 is 2.11 bits per heavy atom. The molecule has 140 valence electrons. The molecule has 0 radical (unpaired) electrons. The van der Waals surface area contributed by atoms with E-state index in [4.69, 9.17) is 9.15 Å². The summed E-state index contributed by atoms with van der Waals surface area (Å²) >= 11 is 0. The molecule has 1 N–H and O–H groups in total. The Morgan fingerprint density at radius 3 is 2.93 bits per heavy atom. The molecule has 0 unspecified atom stereocenters. The summed E-state index contributed by atoms with van der Waals surface area (Å²) in [5.41, 5.74) is 2.65. The molecule has 1 aliphatic heterocycles. The number of amides is 1. The predicted molar refractivity (Wildman–Crippen MR) is 104 cm³/mol. The van der Waals surface area contributed by atoms with Crippen molar-refractivity contribution in [3.05, 3.63) is 53.9 Å². The minimum Gasteiger partial charge on any atom is -0.497 e. The number of anilines is 1. The van der Waals surface area contributed by atoms with Crippen LogP contribution in [0.25, 0.3) is 11.0 Å². The lowest BCUT2D eigenvalue weighted by molar-refractivity contribution is -0.120. The fourth-order valence-electron chi connectivity index (χ4n) is 3.45. The highest BCUT2D eigenvalue weighted by Crippen LogP contribution is 2.26. The van der Waals surface area contributed by atoms with E-state index in [1.807, 2.05) is 30.5 Å². The van der Waals surface area contributed by atoms with Crippen molar-refractivity contribution >= 4 is 22.7 Å². The van der Waals surface area contributed by atoms with E-state index < -0.39 is 0 Å². The van der Waals surface area contributed by atoms with Crippen LogP contribution >= 0.6 is 0 Å². The molecule has 1 aromatic carbocycles. The normalized spacial score (nSPS) is 13.9. The van der Waals surface area contributed by atoms with E-state index in [9.17, 15) is 4.79 Å². The van der Waals surface area contributed by atoms with Crippen molar-refractivity contribution in [3.63, 3.8) is 0 Å². The van der Waals surface area contributed by atoms with E-state index >= 15 is 0 Å². The van der Waals surface area contributed by atoms with E-state index in [1.54, 1.807) is 13.4 Å². The van der Waals surface area contributed by atoms with Crippen LogP contribution < -0.4 is 15.0 Å². The second-order valence-corrected chi connectivity index (χ2v) is 6.79. The van der Waals surface area contributed by atoms with Crippen molar-refractivity contribution in [2.24, 2.45) is 0 Å². The molecule has 1 amide bonds. The number of carbonyl (C=O) groups is 1. The third-order valence-electron chi connectivity index (χ3n) is 4.94. The van der Waals surface area contributed by atoms with Gasteiger partial charge in [0.15, 0.2) is 0 Å². The van der Waals surface area contributed by atoms with Crippen LogP contribution in [-0.4, -0.2) is 31.1 Å². The number of aromatic nitrogens is 1. The number of furan rings is 1. The van der Waals surface area contributed by atoms with Gasteiger partial charge < -0.3 is 19.4 Å². The standard InChI is InChI=1S/C21H23N3O3/c1-26-17-4-5-18-16(14-27-19(18)12-17)11-21(25)23-13-15-6-7-22-20(10-15)24-8-2-3-9-24/h4-7,10,12,14H,2-3,8-9,11,13H2,1H3,(H,23,25). The molecule has 3 aromatic rings. The maximum Gasteiger partial charge on any atom is 0.224 e. The second kappa shape index (κ2) is 7.70. The number of ether oxygens (including phenoxy) is 1. The quantitative estimate of drug-likeness (QED) is 0.726. The van der Waals surface area contributed by atoms with Gasteiger partial charge in [-0.2, -0.15) is 0 Å². The molecule has 1 fully saturated rings. The van der Waals surface area contributed by atoms with Crippen molar-refractivity contribution in [2.75, 3.05) is 25.1 Å². The molecule has 1 saturated heterocycles. The number of hydrogen-bond acceptors (Lipinski definition) is 5. The highest BCUT2D eigenvalue weighted by atomic mass is 16.5. The van der Waals surface area contributed by atoms with Crippen LogP contribution in [0.4, 0.5) is 5.82 Å². The van der Waals surface area contributed by atoms with Crippen LogP contribution in [0.2, 0.25) is 0 Å². The van der Waals surface area contributed by atoms with Gasteiger partial charge in [0.1, 0.15) is 17.2 Å². The number of fused-ring (bicyclic) bond motifs is 1. The zero-order chi connectivity index (χ0) is 18.6. The Kier molecular flexibility index (Phi) is 4.96. The van der Waals surface area contributed by atoms with Crippen LogP contribution in [0.15, 0.2) is 47.2 Å². The van der Waals surface area contributed by atoms with Gasteiger partial charge in [-0.05, 0) is 42.7 Å². The molecule has 6 heteroatoms. The first-order valence-corrected chi connectivity index (χ1v) is 9.23. The van der Waals surface area contributed by atoms with Gasteiger partial charge >= 0.3 is 0 Å². The fourth-order valence-corrected chi connectivity index (χ4v) is 3.45. The maximum atomic E-state index is 12.4. The Hall–Kier alpha value is -3.02. The molecule has 4 rings (SSSR count).